The average molecular weight is 384 g/mol. The van der Waals surface area contributed by atoms with Crippen LogP contribution >= 0.6 is 11.6 Å². The highest BCUT2D eigenvalue weighted by molar-refractivity contribution is 6.31. The predicted molar refractivity (Wildman–Crippen MR) is 113 cm³/mol. The van der Waals surface area contributed by atoms with E-state index in [2.05, 4.69) is 23.8 Å². The Labute approximate surface area is 165 Å². The molecular formula is C22H26ClN3O. The summed E-state index contributed by atoms with van der Waals surface area (Å²) in [7, 11) is 0. The van der Waals surface area contributed by atoms with Crippen molar-refractivity contribution in [1.29, 1.82) is 0 Å². The van der Waals surface area contributed by atoms with E-state index < -0.39 is 0 Å². The zero-order valence-corrected chi connectivity index (χ0v) is 16.4. The number of rotatable bonds is 4. The molecule has 0 radical (unpaired) electrons. The number of nitrogens with zero attached hydrogens (tertiary/aromatic N) is 1. The fourth-order valence-electron chi connectivity index (χ4n) is 3.53. The van der Waals surface area contributed by atoms with Crippen LogP contribution in [0.25, 0.3) is 11.4 Å². The Kier molecular flexibility index (Phi) is 6.19. The van der Waals surface area contributed by atoms with E-state index in [0.717, 1.165) is 47.8 Å². The molecule has 3 rings (SSSR count). The highest BCUT2D eigenvalue weighted by atomic mass is 35.5. The third-order valence-electron chi connectivity index (χ3n) is 5.12. The van der Waals surface area contributed by atoms with Gasteiger partial charge >= 0.3 is 0 Å². The Morgan fingerprint density at radius 2 is 1.81 bits per heavy atom. The van der Waals surface area contributed by atoms with Crippen molar-refractivity contribution in [1.82, 2.24) is 0 Å². The van der Waals surface area contributed by atoms with Crippen LogP contribution in [0.4, 0.5) is 0 Å². The van der Waals surface area contributed by atoms with Gasteiger partial charge in [-0.3, -0.25) is 0 Å². The normalized spacial score (nSPS) is 22.0. The molecule has 0 spiro atoms. The quantitative estimate of drug-likeness (QED) is 0.797. The lowest BCUT2D eigenvalue weighted by molar-refractivity contribution is 0.147. The Morgan fingerprint density at radius 3 is 2.44 bits per heavy atom. The van der Waals surface area contributed by atoms with Crippen LogP contribution in [0.5, 0.6) is 5.75 Å². The summed E-state index contributed by atoms with van der Waals surface area (Å²) in [5.74, 6) is 1.05. The Morgan fingerprint density at radius 1 is 1.15 bits per heavy atom. The minimum Gasteiger partial charge on any atom is -0.490 e. The first-order chi connectivity index (χ1) is 13.0. The molecule has 4 nitrogen and oxygen atoms in total. The standard InChI is InChI=1S/C22H26ClN3O/c1-14(15-6-4-3-5-7-15)19-12-18(13-20(23)21(19)22(25)26-2)27-17-10-8-16(24)9-11-17/h3-7,12-13,16-17H,2,8-11,24-25H2,1H3/b19-14+,22-21+/t16-,17-. The minimum atomic E-state index is 0.162. The van der Waals surface area contributed by atoms with Gasteiger partial charge in [0.05, 0.1) is 11.1 Å². The van der Waals surface area contributed by atoms with Crippen LogP contribution in [0.3, 0.4) is 0 Å². The molecule has 0 unspecified atom stereocenters. The van der Waals surface area contributed by atoms with Gasteiger partial charge in [0.25, 0.3) is 0 Å². The fourth-order valence-corrected chi connectivity index (χ4v) is 3.83. The van der Waals surface area contributed by atoms with Gasteiger partial charge < -0.3 is 16.2 Å². The van der Waals surface area contributed by atoms with Crippen molar-refractivity contribution in [3.8, 4) is 5.75 Å². The first-order valence-corrected chi connectivity index (χ1v) is 9.62. The molecule has 2 aromatic carbocycles. The Hall–Kier alpha value is -2.30. The lowest BCUT2D eigenvalue weighted by Crippen LogP contribution is -2.34. The zero-order valence-electron chi connectivity index (χ0n) is 15.6. The van der Waals surface area contributed by atoms with Gasteiger partial charge in [-0.2, -0.15) is 0 Å². The van der Waals surface area contributed by atoms with Crippen molar-refractivity contribution >= 4 is 29.7 Å². The molecule has 0 aliphatic heterocycles. The van der Waals surface area contributed by atoms with Gasteiger partial charge in [-0.1, -0.05) is 41.9 Å². The number of halogens is 1. The summed E-state index contributed by atoms with van der Waals surface area (Å²) in [6, 6.07) is 14.2. The zero-order chi connectivity index (χ0) is 19.4. The second-order valence-corrected chi connectivity index (χ2v) is 7.42. The molecule has 1 fully saturated rings. The van der Waals surface area contributed by atoms with Gasteiger partial charge in [-0.25, -0.2) is 4.99 Å². The summed E-state index contributed by atoms with van der Waals surface area (Å²) in [5.41, 5.74) is 14.2. The van der Waals surface area contributed by atoms with Gasteiger partial charge in [0.1, 0.15) is 11.6 Å². The molecule has 27 heavy (non-hydrogen) atoms. The third-order valence-corrected chi connectivity index (χ3v) is 5.42. The van der Waals surface area contributed by atoms with Crippen molar-refractivity contribution in [3.63, 3.8) is 0 Å². The molecule has 1 saturated carbocycles. The molecule has 1 aliphatic rings. The molecule has 5 heteroatoms. The second kappa shape index (κ2) is 8.59. The van der Waals surface area contributed by atoms with Crippen LogP contribution < -0.4 is 26.6 Å². The summed E-state index contributed by atoms with van der Waals surface area (Å²) in [6.07, 6.45) is 4.05. The van der Waals surface area contributed by atoms with E-state index in [0.29, 0.717) is 16.1 Å². The van der Waals surface area contributed by atoms with Gasteiger partial charge in [-0.05, 0) is 67.8 Å². The van der Waals surface area contributed by atoms with Crippen molar-refractivity contribution in [2.45, 2.75) is 44.8 Å². The molecule has 4 N–H and O–H groups in total. The first kappa shape index (κ1) is 19.5. The van der Waals surface area contributed by atoms with Crippen molar-refractivity contribution in [2.24, 2.45) is 16.5 Å². The number of aliphatic imine (C=N–C) groups is 1. The summed E-state index contributed by atoms with van der Waals surface area (Å²) < 4.78 is 6.23. The van der Waals surface area contributed by atoms with Crippen LogP contribution in [0, 0.1) is 0 Å². The van der Waals surface area contributed by atoms with Crippen molar-refractivity contribution < 1.29 is 4.74 Å². The molecular weight excluding hydrogens is 358 g/mol. The molecule has 0 saturated heterocycles. The van der Waals surface area contributed by atoms with Crippen LogP contribution in [0.1, 0.15) is 38.2 Å². The van der Waals surface area contributed by atoms with Gasteiger partial charge in [0.2, 0.25) is 0 Å². The van der Waals surface area contributed by atoms with E-state index in [1.807, 2.05) is 37.3 Å². The highest BCUT2D eigenvalue weighted by Gasteiger charge is 2.20. The first-order valence-electron chi connectivity index (χ1n) is 9.24. The molecule has 0 atom stereocenters. The van der Waals surface area contributed by atoms with Crippen molar-refractivity contribution in [2.75, 3.05) is 0 Å². The number of benzene rings is 2. The van der Waals surface area contributed by atoms with E-state index in [1.165, 1.54) is 0 Å². The summed E-state index contributed by atoms with van der Waals surface area (Å²) in [5, 5.41) is 2.10. The third kappa shape index (κ3) is 4.52. The highest BCUT2D eigenvalue weighted by Crippen LogP contribution is 2.23. The molecule has 0 amide bonds. The summed E-state index contributed by atoms with van der Waals surface area (Å²) in [4.78, 5) is 3.90. The van der Waals surface area contributed by atoms with Gasteiger partial charge in [0.15, 0.2) is 0 Å². The maximum Gasteiger partial charge on any atom is 0.132 e. The minimum absolute atomic E-state index is 0.162. The van der Waals surface area contributed by atoms with E-state index in [9.17, 15) is 0 Å². The number of ether oxygens (including phenoxy) is 1. The lowest BCUT2D eigenvalue weighted by Gasteiger charge is -2.27. The van der Waals surface area contributed by atoms with Crippen molar-refractivity contribution in [3.05, 3.63) is 63.5 Å². The maximum atomic E-state index is 6.58. The second-order valence-electron chi connectivity index (χ2n) is 7.02. The number of hydrogen-bond donors (Lipinski definition) is 2. The number of hydrogen-bond acceptors (Lipinski definition) is 4. The van der Waals surface area contributed by atoms with E-state index in [-0.39, 0.29) is 12.1 Å². The van der Waals surface area contributed by atoms with Gasteiger partial charge in [-0.15, -0.1) is 0 Å². The SMILES string of the molecule is C=N/C(N)=c1/c(Cl)cc(O[C@H]2CC[C@H](N)CC2)c/c1=C(/C)c1ccccc1. The van der Waals surface area contributed by atoms with Crippen LogP contribution in [-0.2, 0) is 0 Å². The largest absolute Gasteiger partial charge is 0.490 e. The number of nitrogens with two attached hydrogens (primary N) is 2. The summed E-state index contributed by atoms with van der Waals surface area (Å²) >= 11 is 6.58. The van der Waals surface area contributed by atoms with Crippen LogP contribution in [0.15, 0.2) is 47.5 Å². The predicted octanol–water partition coefficient (Wildman–Crippen LogP) is 2.93. The Bertz CT molecular complexity index is 932. The average Bonchev–Trinajstić information content (AvgIpc) is 2.69. The molecule has 2 aromatic rings. The molecule has 0 bridgehead atoms. The smallest absolute Gasteiger partial charge is 0.132 e. The molecule has 142 valence electrons. The fraction of sp³-hybridized carbons (Fsp3) is 0.318. The summed E-state index contributed by atoms with van der Waals surface area (Å²) in [6.45, 7) is 5.60. The monoisotopic (exact) mass is 383 g/mol. The van der Waals surface area contributed by atoms with E-state index >= 15 is 0 Å². The van der Waals surface area contributed by atoms with Gasteiger partial charge in [0, 0.05) is 11.3 Å². The molecule has 0 heterocycles. The van der Waals surface area contributed by atoms with E-state index in [1.54, 1.807) is 0 Å². The topological polar surface area (TPSA) is 73.6 Å². The maximum absolute atomic E-state index is 6.58. The van der Waals surface area contributed by atoms with E-state index in [4.69, 9.17) is 27.8 Å². The van der Waals surface area contributed by atoms with Crippen LogP contribution in [-0.4, -0.2) is 18.9 Å². The van der Waals surface area contributed by atoms with Crippen LogP contribution in [0.2, 0.25) is 5.02 Å². The lowest BCUT2D eigenvalue weighted by atomic mass is 9.93. The molecule has 1 aliphatic carbocycles. The Balaban J connectivity index is 2.12. The molecule has 0 aromatic heterocycles.